The predicted molar refractivity (Wildman–Crippen MR) is 208 cm³/mol. The maximum Gasteiger partial charge on any atom is 0.287 e. The van der Waals surface area contributed by atoms with Gasteiger partial charge in [-0.3, -0.25) is 24.0 Å². The van der Waals surface area contributed by atoms with Crippen LogP contribution < -0.4 is 21.3 Å². The van der Waals surface area contributed by atoms with Crippen molar-refractivity contribution >= 4 is 29.5 Å². The molecule has 1 unspecified atom stereocenters. The highest BCUT2D eigenvalue weighted by Crippen LogP contribution is 2.51. The molecule has 2 aromatic rings. The highest BCUT2D eigenvalue weighted by Gasteiger charge is 2.61. The molecule has 57 heavy (non-hydrogen) atoms. The monoisotopic (exact) mass is 795 g/mol. The Hall–Kier alpha value is -4.40. The van der Waals surface area contributed by atoms with Crippen LogP contribution in [0.4, 0.5) is 8.78 Å². The minimum absolute atomic E-state index is 0.00502. The normalized spacial score (nSPS) is 24.1. The van der Waals surface area contributed by atoms with Crippen molar-refractivity contribution < 1.29 is 37.9 Å². The lowest BCUT2D eigenvalue weighted by molar-refractivity contribution is -0.146. The zero-order chi connectivity index (χ0) is 41.1. The number of amides is 5. The molecule has 5 amide bonds. The summed E-state index contributed by atoms with van der Waals surface area (Å²) in [5.41, 5.74) is 0.0210. The van der Waals surface area contributed by atoms with Gasteiger partial charge >= 0.3 is 0 Å². The average molecular weight is 796 g/mol. The minimum Gasteiger partial charge on any atom is -0.381 e. The Kier molecular flexibility index (Phi) is 13.0. The molecule has 0 spiro atoms. The van der Waals surface area contributed by atoms with E-state index in [1.807, 2.05) is 37.3 Å². The quantitative estimate of drug-likeness (QED) is 0.182. The third-order valence-electron chi connectivity index (χ3n) is 12.3. The fourth-order valence-corrected chi connectivity index (χ4v) is 8.95. The van der Waals surface area contributed by atoms with Crippen molar-refractivity contribution in [3.05, 3.63) is 54.1 Å². The number of alkyl halides is 2. The molecule has 3 saturated carbocycles. The summed E-state index contributed by atoms with van der Waals surface area (Å²) >= 11 is 0. The number of carbonyl (C=O) groups excluding carboxylic acids is 5. The molecule has 0 radical (unpaired) electrons. The van der Waals surface area contributed by atoms with Gasteiger partial charge in [0.15, 0.2) is 11.9 Å². The van der Waals surface area contributed by atoms with Crippen LogP contribution in [0.1, 0.15) is 115 Å². The number of carbonyl (C=O) groups is 5. The van der Waals surface area contributed by atoms with Crippen LogP contribution in [-0.2, 0) is 25.7 Å². The molecule has 6 rings (SSSR count). The van der Waals surface area contributed by atoms with Crippen LogP contribution in [0.3, 0.4) is 0 Å². The molecule has 1 aromatic carbocycles. The predicted octanol–water partition coefficient (Wildman–Crippen LogP) is 3.94. The molecule has 5 N–H and O–H groups in total. The van der Waals surface area contributed by atoms with E-state index >= 15 is 8.78 Å². The number of likely N-dealkylation sites (tertiary alicyclic amines) is 1. The molecule has 3 aliphatic carbocycles. The van der Waals surface area contributed by atoms with Gasteiger partial charge in [0.25, 0.3) is 17.7 Å². The van der Waals surface area contributed by atoms with E-state index in [2.05, 4.69) is 26.3 Å². The number of rotatable bonds is 15. The van der Waals surface area contributed by atoms with Crippen molar-refractivity contribution in [2.24, 2.45) is 23.2 Å². The van der Waals surface area contributed by atoms with Crippen molar-refractivity contribution in [3.8, 4) is 0 Å². The number of aliphatic hydroxyl groups excluding tert-OH is 1. The lowest BCUT2D eigenvalue weighted by Gasteiger charge is -2.38. The van der Waals surface area contributed by atoms with Gasteiger partial charge < -0.3 is 35.8 Å². The van der Waals surface area contributed by atoms with E-state index in [1.165, 1.54) is 11.1 Å². The summed E-state index contributed by atoms with van der Waals surface area (Å²) in [6, 6.07) is 4.99. The topological polar surface area (TPSA) is 175 Å². The maximum absolute atomic E-state index is 15.4. The Bertz CT molecular complexity index is 1760. The molecular formula is C42H59F2N7O6. The fourth-order valence-electron chi connectivity index (χ4n) is 8.95. The zero-order valence-electron chi connectivity index (χ0n) is 33.5. The molecule has 4 aliphatic rings. The number of aromatic nitrogens is 2. The van der Waals surface area contributed by atoms with Gasteiger partial charge in [0.1, 0.15) is 18.1 Å². The number of nitrogens with zero attached hydrogens (tertiary/aromatic N) is 3. The fraction of sp³-hybridized carbons (Fsp3) is 0.667. The molecular weight excluding hydrogens is 737 g/mol. The van der Waals surface area contributed by atoms with E-state index < -0.39 is 95.9 Å². The number of imidazole rings is 1. The van der Waals surface area contributed by atoms with Gasteiger partial charge in [-0.2, -0.15) is 0 Å². The summed E-state index contributed by atoms with van der Waals surface area (Å²) in [4.78, 5) is 75.6. The number of nitrogens with one attached hydrogen (secondary N) is 4. The van der Waals surface area contributed by atoms with E-state index in [1.54, 1.807) is 31.5 Å². The van der Waals surface area contributed by atoms with Gasteiger partial charge in [-0.15, -0.1) is 0 Å². The summed E-state index contributed by atoms with van der Waals surface area (Å²) < 4.78 is 32.5. The SMILES string of the molecule is CCC[C@H](NC(=O)[C@@H]1[C@H]2CCC(F)(F)[C@H]2CN1C(=O)[C@@H](NC(=O)[C@@H](NC(=O)c1nccn1Cc1ccccc1)C1CCCCC1)C(C)(C)C)C(O)C(=O)NC1CC1. The molecule has 0 bridgehead atoms. The maximum atomic E-state index is 15.4. The van der Waals surface area contributed by atoms with Crippen molar-refractivity contribution in [3.63, 3.8) is 0 Å². The second-order valence-electron chi connectivity index (χ2n) is 17.7. The highest BCUT2D eigenvalue weighted by molar-refractivity contribution is 5.98. The zero-order valence-corrected chi connectivity index (χ0v) is 33.5. The van der Waals surface area contributed by atoms with E-state index in [4.69, 9.17) is 0 Å². The summed E-state index contributed by atoms with van der Waals surface area (Å²) in [5.74, 6) is -8.50. The van der Waals surface area contributed by atoms with Gasteiger partial charge in [0, 0.05) is 43.9 Å². The number of hydrogen-bond acceptors (Lipinski definition) is 7. The van der Waals surface area contributed by atoms with E-state index in [9.17, 15) is 29.1 Å². The van der Waals surface area contributed by atoms with E-state index in [0.717, 1.165) is 37.7 Å². The van der Waals surface area contributed by atoms with Gasteiger partial charge in [-0.25, -0.2) is 13.8 Å². The van der Waals surface area contributed by atoms with Crippen LogP contribution in [0.15, 0.2) is 42.7 Å². The van der Waals surface area contributed by atoms with E-state index in [0.29, 0.717) is 25.8 Å². The first-order chi connectivity index (χ1) is 27.1. The number of aliphatic hydroxyl groups is 1. The number of benzene rings is 1. The second-order valence-corrected chi connectivity index (χ2v) is 17.7. The van der Waals surface area contributed by atoms with Gasteiger partial charge in [-0.05, 0) is 61.3 Å². The van der Waals surface area contributed by atoms with Crippen LogP contribution in [0, 0.1) is 23.2 Å². The summed E-state index contributed by atoms with van der Waals surface area (Å²) in [7, 11) is 0. The molecule has 1 saturated heterocycles. The van der Waals surface area contributed by atoms with Gasteiger partial charge in [0.2, 0.25) is 17.7 Å². The standard InChI is InChI=1S/C42H59F2N7O6/c1-5-12-30(33(52)38(55)46-27-17-18-27)47-37(54)32-28-19-20-42(43,44)29(28)24-51(32)40(57)34(41(2,3)4)49-36(53)31(26-15-10-7-11-16-26)48-39(56)35-45-21-22-50(35)23-25-13-8-6-9-14-25/h6,8-9,13-14,21-22,26-34,52H,5,7,10-12,15-20,23-24H2,1-4H3,(H,46,55)(H,47,54)(H,48,56)(H,49,53)/t28-,29-,30-,31-,32-,33?,34+/m0/s1. The largest absolute Gasteiger partial charge is 0.381 e. The molecule has 2 heterocycles. The Morgan fingerprint density at radius 3 is 2.30 bits per heavy atom. The molecule has 7 atom stereocenters. The first-order valence-electron chi connectivity index (χ1n) is 20.7. The number of fused-ring (bicyclic) bond motifs is 1. The Labute approximate surface area is 333 Å². The first-order valence-corrected chi connectivity index (χ1v) is 20.7. The Morgan fingerprint density at radius 1 is 0.947 bits per heavy atom. The Balaban J connectivity index is 1.23. The minimum atomic E-state index is -3.12. The summed E-state index contributed by atoms with van der Waals surface area (Å²) in [6.07, 6.45) is 7.70. The number of halogens is 2. The van der Waals surface area contributed by atoms with Crippen LogP contribution >= 0.6 is 0 Å². The van der Waals surface area contributed by atoms with Crippen molar-refractivity contribution in [1.82, 2.24) is 35.7 Å². The third kappa shape index (κ3) is 9.84. The smallest absolute Gasteiger partial charge is 0.287 e. The molecule has 1 aromatic heterocycles. The van der Waals surface area contributed by atoms with Gasteiger partial charge in [0.05, 0.1) is 6.04 Å². The van der Waals surface area contributed by atoms with Crippen molar-refractivity contribution in [2.45, 2.75) is 147 Å². The second kappa shape index (κ2) is 17.6. The van der Waals surface area contributed by atoms with Gasteiger partial charge in [-0.1, -0.05) is 83.7 Å². The van der Waals surface area contributed by atoms with Crippen molar-refractivity contribution in [1.29, 1.82) is 0 Å². The summed E-state index contributed by atoms with van der Waals surface area (Å²) in [5, 5.41) is 22.3. The van der Waals surface area contributed by atoms with Crippen LogP contribution in [0.2, 0.25) is 0 Å². The molecule has 13 nitrogen and oxygen atoms in total. The lowest BCUT2D eigenvalue weighted by Crippen LogP contribution is -2.62. The average Bonchev–Trinajstić information content (AvgIpc) is 3.58. The van der Waals surface area contributed by atoms with Crippen LogP contribution in [-0.4, -0.2) is 97.9 Å². The molecule has 1 aliphatic heterocycles. The van der Waals surface area contributed by atoms with Crippen LogP contribution in [0.25, 0.3) is 0 Å². The molecule has 15 heteroatoms. The Morgan fingerprint density at radius 2 is 1.65 bits per heavy atom. The first kappa shape index (κ1) is 42.2. The lowest BCUT2D eigenvalue weighted by atomic mass is 9.82. The van der Waals surface area contributed by atoms with Crippen molar-refractivity contribution in [2.75, 3.05) is 6.54 Å². The molecule has 4 fully saturated rings. The highest BCUT2D eigenvalue weighted by atomic mass is 19.3. The molecule has 312 valence electrons. The number of hydrogen-bond donors (Lipinski definition) is 5. The van der Waals surface area contributed by atoms with Crippen LogP contribution in [0.5, 0.6) is 0 Å². The third-order valence-corrected chi connectivity index (χ3v) is 12.3. The van der Waals surface area contributed by atoms with E-state index in [-0.39, 0.29) is 30.6 Å². The summed E-state index contributed by atoms with van der Waals surface area (Å²) in [6.45, 7) is 7.07.